The van der Waals surface area contributed by atoms with Crippen molar-refractivity contribution in [1.29, 1.82) is 0 Å². The fraction of sp³-hybridized carbons (Fsp3) is 0.421. The normalized spacial score (nSPS) is 16.5. The van der Waals surface area contributed by atoms with Gasteiger partial charge in [-0.15, -0.1) is 0 Å². The van der Waals surface area contributed by atoms with E-state index in [-0.39, 0.29) is 17.4 Å². The number of hydrogen-bond acceptors (Lipinski definition) is 5. The zero-order chi connectivity index (χ0) is 18.5. The first kappa shape index (κ1) is 18.0. The smallest absolute Gasteiger partial charge is 0.268 e. The average Bonchev–Trinajstić information content (AvgIpc) is 3.13. The fourth-order valence-corrected chi connectivity index (χ4v) is 3.09. The number of nitrogens with one attached hydrogen (secondary N) is 1. The monoisotopic (exact) mass is 356 g/mol. The lowest BCUT2D eigenvalue weighted by Crippen LogP contribution is -2.32. The van der Waals surface area contributed by atoms with Crippen molar-refractivity contribution in [3.8, 4) is 5.75 Å². The molecule has 138 valence electrons. The summed E-state index contributed by atoms with van der Waals surface area (Å²) >= 11 is 0. The van der Waals surface area contributed by atoms with Crippen LogP contribution in [0.15, 0.2) is 41.3 Å². The molecule has 2 heterocycles. The second-order valence-corrected chi connectivity index (χ2v) is 6.41. The molecule has 1 saturated heterocycles. The highest BCUT2D eigenvalue weighted by Gasteiger charge is 2.28. The molecule has 1 aliphatic rings. The molecule has 26 heavy (non-hydrogen) atoms. The van der Waals surface area contributed by atoms with Crippen LogP contribution < -0.4 is 20.5 Å². The first-order valence-electron chi connectivity index (χ1n) is 8.84. The zero-order valence-electron chi connectivity index (χ0n) is 15.1. The van der Waals surface area contributed by atoms with Crippen LogP contribution in [-0.2, 0) is 18.4 Å². The predicted octanol–water partition coefficient (Wildman–Crippen LogP) is 1.32. The minimum atomic E-state index is -0.149. The van der Waals surface area contributed by atoms with E-state index >= 15 is 0 Å². The van der Waals surface area contributed by atoms with Crippen molar-refractivity contribution in [2.45, 2.75) is 19.9 Å². The van der Waals surface area contributed by atoms with Crippen molar-refractivity contribution in [2.24, 2.45) is 13.0 Å². The number of ether oxygens (including phenoxy) is 1. The molecule has 1 aliphatic heterocycles. The molecule has 1 amide bonds. The molecular formula is C19H24N4O3. The third-order valence-electron chi connectivity index (χ3n) is 4.55. The van der Waals surface area contributed by atoms with E-state index in [0.29, 0.717) is 19.7 Å². The van der Waals surface area contributed by atoms with Gasteiger partial charge in [0.1, 0.15) is 5.75 Å². The maximum atomic E-state index is 12.5. The Morgan fingerprint density at radius 1 is 1.38 bits per heavy atom. The molecule has 0 unspecified atom stereocenters. The van der Waals surface area contributed by atoms with Crippen molar-refractivity contribution < 1.29 is 9.53 Å². The lowest BCUT2D eigenvalue weighted by Gasteiger charge is -2.18. The van der Waals surface area contributed by atoms with Gasteiger partial charge in [-0.25, -0.2) is 4.68 Å². The van der Waals surface area contributed by atoms with E-state index < -0.39 is 0 Å². The van der Waals surface area contributed by atoms with Crippen molar-refractivity contribution in [3.05, 3.63) is 52.4 Å². The zero-order valence-corrected chi connectivity index (χ0v) is 15.1. The topological polar surface area (TPSA) is 76.5 Å². The Morgan fingerprint density at radius 3 is 3.00 bits per heavy atom. The molecule has 1 atom stereocenters. The second kappa shape index (κ2) is 8.03. The molecule has 1 fully saturated rings. The molecule has 0 radical (unpaired) electrons. The molecule has 2 aromatic rings. The number of carbonyl (C=O) groups is 1. The van der Waals surface area contributed by atoms with Crippen LogP contribution in [0.25, 0.3) is 0 Å². The van der Waals surface area contributed by atoms with E-state index in [0.717, 1.165) is 30.0 Å². The molecule has 0 aliphatic carbocycles. The Morgan fingerprint density at radius 2 is 2.23 bits per heavy atom. The summed E-state index contributed by atoms with van der Waals surface area (Å²) in [6.45, 7) is 4.37. The summed E-state index contributed by atoms with van der Waals surface area (Å²) in [4.78, 5) is 26.2. The standard InChI is InChI=1S/C19H24N4O3/c1-3-26-17-6-4-5-14(9-17)11-20-19(25)15-7-8-23(13-15)16-10-18(24)22(2)21-12-16/h4-6,9-10,12,15H,3,7-8,11,13H2,1-2H3,(H,20,25)/t15-/m0/s1. The van der Waals surface area contributed by atoms with Gasteiger partial charge in [0, 0.05) is 32.7 Å². The quantitative estimate of drug-likeness (QED) is 0.845. The second-order valence-electron chi connectivity index (χ2n) is 6.41. The van der Waals surface area contributed by atoms with E-state index in [1.165, 1.54) is 4.68 Å². The predicted molar refractivity (Wildman–Crippen MR) is 99.3 cm³/mol. The summed E-state index contributed by atoms with van der Waals surface area (Å²) in [5.74, 6) is 0.754. The number of benzene rings is 1. The number of carbonyl (C=O) groups excluding carboxylic acids is 1. The maximum absolute atomic E-state index is 12.5. The average molecular weight is 356 g/mol. The van der Waals surface area contributed by atoms with Gasteiger partial charge in [0.15, 0.2) is 0 Å². The van der Waals surface area contributed by atoms with Gasteiger partial charge in [0.2, 0.25) is 5.91 Å². The minimum Gasteiger partial charge on any atom is -0.494 e. The molecular weight excluding hydrogens is 332 g/mol. The molecule has 0 bridgehead atoms. The molecule has 1 aromatic heterocycles. The number of rotatable bonds is 6. The highest BCUT2D eigenvalue weighted by Crippen LogP contribution is 2.22. The summed E-state index contributed by atoms with van der Waals surface area (Å²) < 4.78 is 6.77. The SMILES string of the molecule is CCOc1cccc(CNC(=O)[C@H]2CCN(c3cnn(C)c(=O)c3)C2)c1. The summed E-state index contributed by atoms with van der Waals surface area (Å²) in [6, 6.07) is 9.30. The van der Waals surface area contributed by atoms with Gasteiger partial charge in [-0.1, -0.05) is 12.1 Å². The molecule has 1 aromatic carbocycles. The lowest BCUT2D eigenvalue weighted by molar-refractivity contribution is -0.124. The van der Waals surface area contributed by atoms with Crippen LogP contribution in [0.1, 0.15) is 18.9 Å². The van der Waals surface area contributed by atoms with Gasteiger partial charge in [0.05, 0.1) is 24.4 Å². The van der Waals surface area contributed by atoms with Crippen LogP contribution in [0, 0.1) is 5.92 Å². The summed E-state index contributed by atoms with van der Waals surface area (Å²) in [5.41, 5.74) is 1.63. The largest absolute Gasteiger partial charge is 0.494 e. The molecule has 7 nitrogen and oxygen atoms in total. The van der Waals surface area contributed by atoms with Gasteiger partial charge in [-0.3, -0.25) is 9.59 Å². The molecule has 3 rings (SSSR count). The van der Waals surface area contributed by atoms with Crippen LogP contribution in [0.2, 0.25) is 0 Å². The van der Waals surface area contributed by atoms with Crippen molar-refractivity contribution in [2.75, 3.05) is 24.6 Å². The molecule has 0 spiro atoms. The third-order valence-corrected chi connectivity index (χ3v) is 4.55. The first-order valence-corrected chi connectivity index (χ1v) is 8.84. The van der Waals surface area contributed by atoms with Gasteiger partial charge in [0.25, 0.3) is 5.56 Å². The Balaban J connectivity index is 1.55. The van der Waals surface area contributed by atoms with E-state index in [9.17, 15) is 9.59 Å². The first-order chi connectivity index (χ1) is 12.6. The Hall–Kier alpha value is -2.83. The van der Waals surface area contributed by atoms with Crippen molar-refractivity contribution >= 4 is 11.6 Å². The maximum Gasteiger partial charge on any atom is 0.268 e. The van der Waals surface area contributed by atoms with Crippen molar-refractivity contribution in [1.82, 2.24) is 15.1 Å². The van der Waals surface area contributed by atoms with Crippen LogP contribution in [0.5, 0.6) is 5.75 Å². The van der Waals surface area contributed by atoms with Gasteiger partial charge < -0.3 is 15.0 Å². The van der Waals surface area contributed by atoms with E-state index in [1.54, 1.807) is 19.3 Å². The highest BCUT2D eigenvalue weighted by atomic mass is 16.5. The molecule has 0 saturated carbocycles. The number of anilines is 1. The van der Waals surface area contributed by atoms with E-state index in [1.807, 2.05) is 36.1 Å². The van der Waals surface area contributed by atoms with Crippen molar-refractivity contribution in [3.63, 3.8) is 0 Å². The van der Waals surface area contributed by atoms with Gasteiger partial charge >= 0.3 is 0 Å². The third kappa shape index (κ3) is 4.22. The molecule has 1 N–H and O–H groups in total. The summed E-state index contributed by atoms with van der Waals surface area (Å²) in [6.07, 6.45) is 2.43. The van der Waals surface area contributed by atoms with Crippen LogP contribution >= 0.6 is 0 Å². The van der Waals surface area contributed by atoms with E-state index in [4.69, 9.17) is 4.74 Å². The van der Waals surface area contributed by atoms with Crippen LogP contribution in [0.4, 0.5) is 5.69 Å². The molecule has 7 heteroatoms. The number of amides is 1. The number of hydrogen-bond donors (Lipinski definition) is 1. The summed E-state index contributed by atoms with van der Waals surface area (Å²) in [7, 11) is 1.62. The van der Waals surface area contributed by atoms with Gasteiger partial charge in [-0.05, 0) is 31.0 Å². The number of aromatic nitrogens is 2. The Kier molecular flexibility index (Phi) is 5.55. The van der Waals surface area contributed by atoms with Gasteiger partial charge in [-0.2, -0.15) is 5.10 Å². The minimum absolute atomic E-state index is 0.0334. The van der Waals surface area contributed by atoms with E-state index in [2.05, 4.69) is 10.4 Å². The Labute approximate surface area is 152 Å². The fourth-order valence-electron chi connectivity index (χ4n) is 3.09. The lowest BCUT2D eigenvalue weighted by atomic mass is 10.1. The highest BCUT2D eigenvalue weighted by molar-refractivity contribution is 5.80. The Bertz CT molecular complexity index is 834. The summed E-state index contributed by atoms with van der Waals surface area (Å²) in [5, 5.41) is 7.04. The van der Waals surface area contributed by atoms with Crippen LogP contribution in [-0.4, -0.2) is 35.4 Å². The number of nitrogens with zero attached hydrogens (tertiary/aromatic N) is 3. The van der Waals surface area contributed by atoms with Crippen LogP contribution in [0.3, 0.4) is 0 Å². The number of aryl methyl sites for hydroxylation is 1.